The highest BCUT2D eigenvalue weighted by molar-refractivity contribution is 5.59. The van der Waals surface area contributed by atoms with Gasteiger partial charge in [0.05, 0.1) is 11.6 Å². The van der Waals surface area contributed by atoms with Crippen molar-refractivity contribution < 1.29 is 0 Å². The third-order valence-corrected chi connectivity index (χ3v) is 2.37. The fraction of sp³-hybridized carbons (Fsp3) is 0.308. The molecular weight excluding hydrogens is 170 g/mol. The van der Waals surface area contributed by atoms with Crippen molar-refractivity contribution in [2.24, 2.45) is 0 Å². The summed E-state index contributed by atoms with van der Waals surface area (Å²) in [4.78, 5) is 0. The molecule has 0 fully saturated rings. The average molecular weight is 185 g/mol. The molecule has 1 rings (SSSR count). The smallest absolute Gasteiger partial charge is 0.0991 e. The summed E-state index contributed by atoms with van der Waals surface area (Å²) >= 11 is 0. The van der Waals surface area contributed by atoms with Crippen LogP contribution in [-0.2, 0) is 0 Å². The molecule has 1 nitrogen and oxygen atoms in total. The molecule has 0 bridgehead atoms. The second kappa shape index (κ2) is 4.11. The molecule has 0 spiro atoms. The Morgan fingerprint density at radius 1 is 1.43 bits per heavy atom. The number of rotatable bonds is 2. The molecule has 0 atom stereocenters. The zero-order chi connectivity index (χ0) is 10.7. The maximum atomic E-state index is 8.86. The quantitative estimate of drug-likeness (QED) is 0.690. The van der Waals surface area contributed by atoms with Crippen molar-refractivity contribution in [2.75, 3.05) is 0 Å². The van der Waals surface area contributed by atoms with Gasteiger partial charge in [-0.05, 0) is 41.7 Å². The number of benzene rings is 1. The van der Waals surface area contributed by atoms with E-state index in [0.717, 1.165) is 11.1 Å². The minimum atomic E-state index is 0.426. The Balaban J connectivity index is 3.45. The van der Waals surface area contributed by atoms with Gasteiger partial charge in [0, 0.05) is 0 Å². The Kier molecular flexibility index (Phi) is 3.09. The van der Waals surface area contributed by atoms with Crippen molar-refractivity contribution in [3.8, 4) is 6.07 Å². The predicted molar refractivity (Wildman–Crippen MR) is 60.1 cm³/mol. The van der Waals surface area contributed by atoms with Gasteiger partial charge in [-0.15, -0.1) is 0 Å². The van der Waals surface area contributed by atoms with Gasteiger partial charge < -0.3 is 0 Å². The number of nitriles is 1. The summed E-state index contributed by atoms with van der Waals surface area (Å²) < 4.78 is 0. The van der Waals surface area contributed by atoms with Crippen LogP contribution in [0.15, 0.2) is 18.7 Å². The fourth-order valence-electron chi connectivity index (χ4n) is 1.65. The van der Waals surface area contributed by atoms with Crippen molar-refractivity contribution in [3.05, 3.63) is 41.0 Å². The molecule has 72 valence electrons. The van der Waals surface area contributed by atoms with Gasteiger partial charge in [0.1, 0.15) is 0 Å². The molecule has 1 aromatic rings. The lowest BCUT2D eigenvalue weighted by Crippen LogP contribution is -1.96. The summed E-state index contributed by atoms with van der Waals surface area (Å²) in [6, 6.07) is 6.04. The molecule has 0 aliphatic rings. The van der Waals surface area contributed by atoms with E-state index in [4.69, 9.17) is 5.26 Å². The second-order valence-electron chi connectivity index (χ2n) is 3.77. The molecule has 0 unspecified atom stereocenters. The number of nitrogens with zero attached hydrogens (tertiary/aromatic N) is 1. The van der Waals surface area contributed by atoms with E-state index < -0.39 is 0 Å². The van der Waals surface area contributed by atoms with E-state index in [0.29, 0.717) is 5.92 Å². The molecule has 1 heteroatoms. The van der Waals surface area contributed by atoms with Crippen LogP contribution < -0.4 is 0 Å². The molecule has 0 saturated heterocycles. The van der Waals surface area contributed by atoms with E-state index >= 15 is 0 Å². The van der Waals surface area contributed by atoms with Crippen LogP contribution in [0.4, 0.5) is 0 Å². The van der Waals surface area contributed by atoms with Gasteiger partial charge in [-0.1, -0.05) is 26.5 Å². The van der Waals surface area contributed by atoms with Gasteiger partial charge >= 0.3 is 0 Å². The van der Waals surface area contributed by atoms with Gasteiger partial charge in [-0.2, -0.15) is 5.26 Å². The first kappa shape index (κ1) is 10.5. The van der Waals surface area contributed by atoms with E-state index in [1.807, 2.05) is 25.1 Å². The molecule has 14 heavy (non-hydrogen) atoms. The summed E-state index contributed by atoms with van der Waals surface area (Å²) in [5.74, 6) is 0.426. The van der Waals surface area contributed by atoms with E-state index in [1.165, 1.54) is 11.1 Å². The van der Waals surface area contributed by atoms with Crippen LogP contribution in [-0.4, -0.2) is 0 Å². The summed E-state index contributed by atoms with van der Waals surface area (Å²) in [7, 11) is 0. The fourth-order valence-corrected chi connectivity index (χ4v) is 1.65. The predicted octanol–water partition coefficient (Wildman–Crippen LogP) is 3.63. The lowest BCUT2D eigenvalue weighted by Gasteiger charge is -2.12. The van der Waals surface area contributed by atoms with Crippen LogP contribution in [0.25, 0.3) is 6.08 Å². The first-order chi connectivity index (χ1) is 6.60. The minimum Gasteiger partial charge on any atom is -0.192 e. The summed E-state index contributed by atoms with van der Waals surface area (Å²) in [5.41, 5.74) is 4.23. The molecule has 0 aromatic heterocycles. The van der Waals surface area contributed by atoms with Crippen LogP contribution in [0.5, 0.6) is 0 Å². The van der Waals surface area contributed by atoms with Crippen molar-refractivity contribution in [1.29, 1.82) is 5.26 Å². The zero-order valence-electron chi connectivity index (χ0n) is 8.96. The average Bonchev–Trinajstić information content (AvgIpc) is 2.16. The van der Waals surface area contributed by atoms with E-state index in [2.05, 4.69) is 26.5 Å². The van der Waals surface area contributed by atoms with Gasteiger partial charge in [-0.3, -0.25) is 0 Å². The molecule has 0 aliphatic carbocycles. The largest absolute Gasteiger partial charge is 0.192 e. The van der Waals surface area contributed by atoms with Gasteiger partial charge in [-0.25, -0.2) is 0 Å². The third-order valence-electron chi connectivity index (χ3n) is 2.37. The molecular formula is C13H15N. The highest BCUT2D eigenvalue weighted by Crippen LogP contribution is 2.25. The molecule has 0 heterocycles. The monoisotopic (exact) mass is 185 g/mol. The second-order valence-corrected chi connectivity index (χ2v) is 3.77. The van der Waals surface area contributed by atoms with Crippen molar-refractivity contribution in [3.63, 3.8) is 0 Å². The highest BCUT2D eigenvalue weighted by Gasteiger charge is 2.08. The lowest BCUT2D eigenvalue weighted by atomic mass is 9.92. The van der Waals surface area contributed by atoms with Crippen molar-refractivity contribution in [2.45, 2.75) is 26.7 Å². The van der Waals surface area contributed by atoms with Crippen LogP contribution in [0.1, 0.15) is 42.0 Å². The van der Waals surface area contributed by atoms with Gasteiger partial charge in [0.15, 0.2) is 0 Å². The Labute approximate surface area is 85.7 Å². The normalized spacial score (nSPS) is 9.93. The SMILES string of the molecule is C=Cc1c(C)cc(C#N)cc1C(C)C. The van der Waals surface area contributed by atoms with Gasteiger partial charge in [0.2, 0.25) is 0 Å². The minimum absolute atomic E-state index is 0.426. The number of hydrogen-bond acceptors (Lipinski definition) is 1. The van der Waals surface area contributed by atoms with Crippen molar-refractivity contribution in [1.82, 2.24) is 0 Å². The van der Waals surface area contributed by atoms with Crippen LogP contribution in [0.3, 0.4) is 0 Å². The number of aryl methyl sites for hydroxylation is 1. The first-order valence-corrected chi connectivity index (χ1v) is 4.77. The maximum Gasteiger partial charge on any atom is 0.0991 e. The van der Waals surface area contributed by atoms with E-state index in [1.54, 1.807) is 0 Å². The Bertz CT molecular complexity index is 394. The molecule has 0 N–H and O–H groups in total. The molecule has 0 amide bonds. The van der Waals surface area contributed by atoms with Crippen molar-refractivity contribution >= 4 is 6.08 Å². The topological polar surface area (TPSA) is 23.8 Å². The Hall–Kier alpha value is -1.55. The van der Waals surface area contributed by atoms with Crippen LogP contribution in [0, 0.1) is 18.3 Å². The molecule has 0 radical (unpaired) electrons. The van der Waals surface area contributed by atoms with Gasteiger partial charge in [0.25, 0.3) is 0 Å². The standard InChI is InChI=1S/C13H15N/c1-5-12-10(4)6-11(8-14)7-13(12)9(2)3/h5-7,9H,1H2,2-4H3. The molecule has 0 aliphatic heterocycles. The van der Waals surface area contributed by atoms with E-state index in [9.17, 15) is 0 Å². The zero-order valence-corrected chi connectivity index (χ0v) is 8.96. The van der Waals surface area contributed by atoms with Crippen LogP contribution >= 0.6 is 0 Å². The lowest BCUT2D eigenvalue weighted by molar-refractivity contribution is 0.861. The number of hydrogen-bond donors (Lipinski definition) is 0. The van der Waals surface area contributed by atoms with Crippen LogP contribution in [0.2, 0.25) is 0 Å². The maximum absolute atomic E-state index is 8.86. The summed E-state index contributed by atoms with van der Waals surface area (Å²) in [6.45, 7) is 10.1. The Morgan fingerprint density at radius 3 is 2.50 bits per heavy atom. The Morgan fingerprint density at radius 2 is 2.07 bits per heavy atom. The summed E-state index contributed by atoms with van der Waals surface area (Å²) in [5, 5.41) is 8.86. The molecule has 1 aromatic carbocycles. The third kappa shape index (κ3) is 1.85. The summed E-state index contributed by atoms with van der Waals surface area (Å²) in [6.07, 6.45) is 1.87. The van der Waals surface area contributed by atoms with E-state index in [-0.39, 0.29) is 0 Å². The molecule has 0 saturated carbocycles. The first-order valence-electron chi connectivity index (χ1n) is 4.77. The highest BCUT2D eigenvalue weighted by atomic mass is 14.2.